The summed E-state index contributed by atoms with van der Waals surface area (Å²) in [5.74, 6) is 0. The Morgan fingerprint density at radius 1 is 0.750 bits per heavy atom. The summed E-state index contributed by atoms with van der Waals surface area (Å²) in [6, 6.07) is 0. The summed E-state index contributed by atoms with van der Waals surface area (Å²) in [4.78, 5) is 0. The van der Waals surface area contributed by atoms with Gasteiger partial charge < -0.3 is 0 Å². The van der Waals surface area contributed by atoms with Crippen molar-refractivity contribution in [2.75, 3.05) is 0 Å². The van der Waals surface area contributed by atoms with Crippen LogP contribution in [0.15, 0.2) is 41.1 Å². The molecule has 28 heavy (non-hydrogen) atoms. The molecule has 0 heterocycles. The first-order valence-corrected chi connectivity index (χ1v) is 27.5. The largest absolute Gasteiger partial charge is 0.147 e. The fourth-order valence-electron chi connectivity index (χ4n) is 5.20. The average Bonchev–Trinajstić information content (AvgIpc) is 3.10. The van der Waals surface area contributed by atoms with Gasteiger partial charge in [-0.3, -0.25) is 0 Å². The molecule has 0 bridgehead atoms. The van der Waals surface area contributed by atoms with Crippen molar-refractivity contribution in [3.05, 3.63) is 41.1 Å². The normalized spacial score (nSPS) is 18.7. The van der Waals surface area contributed by atoms with Crippen LogP contribution < -0.4 is 0 Å². The van der Waals surface area contributed by atoms with Gasteiger partial charge in [-0.05, 0) is 0 Å². The monoisotopic (exact) mass is 610 g/mol. The van der Waals surface area contributed by atoms with Gasteiger partial charge in [-0.15, -0.1) is 24.8 Å². The Bertz CT molecular complexity index is 741. The van der Waals surface area contributed by atoms with Crippen molar-refractivity contribution in [2.24, 2.45) is 10.8 Å². The van der Waals surface area contributed by atoms with E-state index in [1.165, 1.54) is 21.2 Å². The van der Waals surface area contributed by atoms with E-state index in [0.717, 1.165) is 0 Å². The maximum Gasteiger partial charge on any atom is -0.147 e. The molecule has 0 saturated heterocycles. The molecule has 2 rings (SSSR count). The maximum atomic E-state index is 2.55. The molecule has 0 aromatic rings. The molecule has 0 radical (unpaired) electrons. The number of allylic oxidation sites excluding steroid dienone is 8. The molecule has 162 valence electrons. The predicted octanol–water partition coefficient (Wildman–Crippen LogP) is 8.24. The molecule has 0 atom stereocenters. The molecular formula is C24H44Cl2HfSi. The fraction of sp³-hybridized carbons (Fsp3) is 0.667. The van der Waals surface area contributed by atoms with E-state index in [1.54, 1.807) is 22.3 Å². The summed E-state index contributed by atoms with van der Waals surface area (Å²) in [5, 5.41) is 0. The van der Waals surface area contributed by atoms with Crippen LogP contribution >= 0.6 is 24.8 Å². The van der Waals surface area contributed by atoms with Crippen LogP contribution in [-0.2, 0) is 17.1 Å². The Morgan fingerprint density at radius 3 is 1.21 bits per heavy atom. The minimum atomic E-state index is -3.32. The molecule has 0 spiro atoms. The summed E-state index contributed by atoms with van der Waals surface area (Å²) in [5.41, 5.74) is 7.12. The fourth-order valence-corrected chi connectivity index (χ4v) is 33.7. The van der Waals surface area contributed by atoms with Crippen molar-refractivity contribution in [3.8, 4) is 0 Å². The van der Waals surface area contributed by atoms with Crippen LogP contribution in [0.2, 0.25) is 8.35 Å². The van der Waals surface area contributed by atoms with Gasteiger partial charge in [0.2, 0.25) is 0 Å². The van der Waals surface area contributed by atoms with Crippen LogP contribution in [0.1, 0.15) is 82.1 Å². The summed E-state index contributed by atoms with van der Waals surface area (Å²) >= 11 is -3.32. The number of hydrogen-bond acceptors (Lipinski definition) is 0. The van der Waals surface area contributed by atoms with Crippen LogP contribution in [0, 0.1) is 10.8 Å². The van der Waals surface area contributed by atoms with Crippen molar-refractivity contribution >= 4 is 31.8 Å². The van der Waals surface area contributed by atoms with Crippen LogP contribution in [0.3, 0.4) is 0 Å². The van der Waals surface area contributed by atoms with Gasteiger partial charge in [-0.25, -0.2) is 0 Å². The zero-order valence-corrected chi connectivity index (χ0v) is 26.6. The Labute approximate surface area is 190 Å². The molecule has 0 unspecified atom stereocenters. The van der Waals surface area contributed by atoms with Gasteiger partial charge in [0, 0.05) is 0 Å². The van der Waals surface area contributed by atoms with E-state index < -0.39 is 17.1 Å². The second kappa shape index (κ2) is 9.01. The Morgan fingerprint density at radius 2 is 1.04 bits per heavy atom. The molecular weight excluding hydrogens is 566 g/mol. The topological polar surface area (TPSA) is 0 Å². The summed E-state index contributed by atoms with van der Waals surface area (Å²) < 4.78 is 6.63. The van der Waals surface area contributed by atoms with Gasteiger partial charge in [0.05, 0.1) is 0 Å². The average molecular weight is 610 g/mol. The second-order valence-corrected chi connectivity index (χ2v) is 48.5. The van der Waals surface area contributed by atoms with E-state index in [4.69, 9.17) is 0 Å². The zero-order valence-electron chi connectivity index (χ0n) is 20.0. The van der Waals surface area contributed by atoms with Crippen molar-refractivity contribution in [3.63, 3.8) is 0 Å². The smallest absolute Gasteiger partial charge is 0.147 e. The number of hydrogen-bond donors (Lipinski definition) is 0. The third-order valence-corrected chi connectivity index (χ3v) is 50.6. The third kappa shape index (κ3) is 4.76. The first-order valence-electron chi connectivity index (χ1n) is 10.5. The van der Waals surface area contributed by atoms with Crippen molar-refractivity contribution in [1.82, 2.24) is 0 Å². The Hall–Kier alpha value is 0.627. The van der Waals surface area contributed by atoms with Gasteiger partial charge in [0.15, 0.2) is 0 Å². The molecule has 0 N–H and O–H groups in total. The van der Waals surface area contributed by atoms with Crippen molar-refractivity contribution < 1.29 is 17.1 Å². The third-order valence-electron chi connectivity index (χ3n) is 7.68. The van der Waals surface area contributed by atoms with Gasteiger partial charge >= 0.3 is 166 Å². The molecule has 0 amide bonds. The van der Waals surface area contributed by atoms with E-state index >= 15 is 0 Å². The summed E-state index contributed by atoms with van der Waals surface area (Å²) in [7, 11) is 0. The first-order chi connectivity index (χ1) is 11.7. The number of rotatable bonds is 4. The standard InChI is InChI=1S/2C10H15.2C2H5.2ClH.Hf.H2Si/c2*1-8-5-6-9(7-8)10(2,3)4;2*1-2;;;;/h2*7H,6H2,1-4H3;2*1H2,2H3;2*1H;;1H2. The maximum absolute atomic E-state index is 3.32. The van der Waals surface area contributed by atoms with Gasteiger partial charge in [-0.1, -0.05) is 0 Å². The van der Waals surface area contributed by atoms with Crippen LogP contribution in [-0.4, -0.2) is 6.94 Å². The quantitative estimate of drug-likeness (QED) is 0.282. The zero-order chi connectivity index (χ0) is 20.2. The van der Waals surface area contributed by atoms with Crippen LogP contribution in [0.25, 0.3) is 0 Å². The Balaban J connectivity index is 0.00000364. The predicted molar refractivity (Wildman–Crippen MR) is 134 cm³/mol. The van der Waals surface area contributed by atoms with E-state index in [0.29, 0.717) is 0 Å². The van der Waals surface area contributed by atoms with E-state index in [9.17, 15) is 0 Å². The summed E-state index contributed by atoms with van der Waals surface area (Å²) in [6.07, 6.45) is 7.59. The molecule has 4 heteroatoms. The molecule has 0 aliphatic heterocycles. The summed E-state index contributed by atoms with van der Waals surface area (Å²) in [6.45, 7) is 26.7. The van der Waals surface area contributed by atoms with Crippen LogP contribution in [0.5, 0.6) is 0 Å². The molecule has 0 fully saturated rings. The van der Waals surface area contributed by atoms with Crippen LogP contribution in [0.4, 0.5) is 0 Å². The second-order valence-electron chi connectivity index (χ2n) is 11.2. The minimum Gasteiger partial charge on any atom is -0.147 e. The first kappa shape index (κ1) is 28.6. The molecule has 0 saturated carbocycles. The van der Waals surface area contributed by atoms with E-state index in [1.807, 2.05) is 6.66 Å². The molecule has 0 aromatic heterocycles. The van der Waals surface area contributed by atoms with Crippen molar-refractivity contribution in [2.45, 2.75) is 90.4 Å². The minimum absolute atomic E-state index is 0. The Kier molecular flexibility index (Phi) is 9.21. The van der Waals surface area contributed by atoms with E-state index in [2.05, 4.69) is 88.3 Å². The van der Waals surface area contributed by atoms with Gasteiger partial charge in [0.1, 0.15) is 0 Å². The molecule has 2 aliphatic rings. The number of halogens is 2. The van der Waals surface area contributed by atoms with Gasteiger partial charge in [0.25, 0.3) is 0 Å². The van der Waals surface area contributed by atoms with Crippen molar-refractivity contribution in [1.29, 1.82) is 0 Å². The van der Waals surface area contributed by atoms with Gasteiger partial charge in [-0.2, -0.15) is 0 Å². The SMILES string of the molecule is C[CH2][Hf](=[SiH2])([CH2]C)([C]1=C(C)C=C(C(C)(C)C)C1)[C]1=C(C)C=C(C(C)(C)C)C1.Cl.Cl. The molecule has 2 aliphatic carbocycles. The van der Waals surface area contributed by atoms with E-state index in [-0.39, 0.29) is 35.6 Å². The molecule has 0 aromatic carbocycles. The molecule has 0 nitrogen and oxygen atoms in total.